The average molecular weight is 686 g/mol. The molecule has 2 saturated heterocycles. The van der Waals surface area contributed by atoms with Crippen molar-refractivity contribution in [1.29, 1.82) is 0 Å². The van der Waals surface area contributed by atoms with Gasteiger partial charge in [-0.15, -0.1) is 0 Å². The van der Waals surface area contributed by atoms with Crippen molar-refractivity contribution in [3.8, 4) is 11.1 Å². The summed E-state index contributed by atoms with van der Waals surface area (Å²) < 4.78 is 19.1. The Labute approximate surface area is 288 Å². The summed E-state index contributed by atoms with van der Waals surface area (Å²) in [7, 11) is 1.82. The minimum atomic E-state index is -1.06. The largest absolute Gasteiger partial charge is 0.478 e. The maximum absolute atomic E-state index is 15.4. The molecule has 16 heteroatoms. The monoisotopic (exact) mass is 685 g/mol. The minimum absolute atomic E-state index is 0.0164. The maximum Gasteiger partial charge on any atom is 0.338 e. The fraction of sp³-hybridized carbons (Fsp3) is 0.441. The molecule has 15 nitrogen and oxygen atoms in total. The molecule has 0 unspecified atom stereocenters. The van der Waals surface area contributed by atoms with Crippen molar-refractivity contribution in [1.82, 2.24) is 44.2 Å². The lowest BCUT2D eigenvalue weighted by Crippen LogP contribution is -2.51. The summed E-state index contributed by atoms with van der Waals surface area (Å²) in [6.07, 6.45) is 8.27. The number of anilines is 3. The normalized spacial score (nSPS) is 17.1. The number of carboxylic acids is 1. The molecule has 4 aromatic rings. The average Bonchev–Trinajstić information content (AvgIpc) is 3.72. The van der Waals surface area contributed by atoms with Crippen molar-refractivity contribution in [3.63, 3.8) is 0 Å². The van der Waals surface area contributed by atoms with Crippen molar-refractivity contribution in [2.75, 3.05) is 62.6 Å². The smallest absolute Gasteiger partial charge is 0.338 e. The van der Waals surface area contributed by atoms with Crippen LogP contribution in [0.15, 0.2) is 43.0 Å². The number of carboxylic acid groups (broad SMARTS) is 1. The molecule has 0 saturated carbocycles. The highest BCUT2D eigenvalue weighted by Crippen LogP contribution is 2.35. The van der Waals surface area contributed by atoms with Gasteiger partial charge < -0.3 is 25.1 Å². The van der Waals surface area contributed by atoms with Gasteiger partial charge in [0.1, 0.15) is 5.82 Å². The second-order valence-corrected chi connectivity index (χ2v) is 13.1. The number of nitrogens with zero attached hydrogens (tertiary/aromatic N) is 10. The van der Waals surface area contributed by atoms with Crippen LogP contribution in [-0.4, -0.2) is 119 Å². The van der Waals surface area contributed by atoms with Crippen LogP contribution >= 0.6 is 0 Å². The van der Waals surface area contributed by atoms with Crippen molar-refractivity contribution in [3.05, 3.63) is 65.6 Å². The van der Waals surface area contributed by atoms with E-state index in [0.29, 0.717) is 82.8 Å². The Morgan fingerprint density at radius 2 is 1.70 bits per heavy atom. The van der Waals surface area contributed by atoms with Gasteiger partial charge in [-0.2, -0.15) is 10.2 Å². The Morgan fingerprint density at radius 1 is 0.960 bits per heavy atom. The number of hydrogen-bond acceptors (Lipinski definition) is 10. The summed E-state index contributed by atoms with van der Waals surface area (Å²) in [6, 6.07) is 5.09. The minimum Gasteiger partial charge on any atom is -0.478 e. The first-order valence-electron chi connectivity index (χ1n) is 16.8. The fourth-order valence-corrected chi connectivity index (χ4v) is 6.96. The molecule has 262 valence electrons. The zero-order valence-corrected chi connectivity index (χ0v) is 28.1. The molecule has 50 heavy (non-hydrogen) atoms. The molecular weight excluding hydrogens is 645 g/mol. The summed E-state index contributed by atoms with van der Waals surface area (Å²) in [5.41, 5.74) is 3.82. The van der Waals surface area contributed by atoms with Crippen LogP contribution < -0.4 is 10.2 Å². The molecular formula is C34H40FN11O4. The van der Waals surface area contributed by atoms with E-state index in [9.17, 15) is 14.4 Å². The van der Waals surface area contributed by atoms with Gasteiger partial charge in [0.2, 0.25) is 17.8 Å². The van der Waals surface area contributed by atoms with E-state index in [1.165, 1.54) is 18.5 Å². The van der Waals surface area contributed by atoms with Crippen molar-refractivity contribution in [2.45, 2.75) is 38.8 Å². The first-order valence-corrected chi connectivity index (χ1v) is 16.8. The first kappa shape index (κ1) is 33.1. The van der Waals surface area contributed by atoms with Crippen LogP contribution in [0.25, 0.3) is 11.1 Å². The summed E-state index contributed by atoms with van der Waals surface area (Å²) in [5, 5.41) is 21.5. The quantitative estimate of drug-likeness (QED) is 0.281. The molecule has 3 aromatic heterocycles. The second-order valence-electron chi connectivity index (χ2n) is 13.1. The van der Waals surface area contributed by atoms with Crippen LogP contribution in [0.3, 0.4) is 0 Å². The number of piperidine rings is 1. The number of halogens is 1. The topological polar surface area (TPSA) is 158 Å². The number of hydrogen-bond donors (Lipinski definition) is 2. The van der Waals surface area contributed by atoms with Crippen LogP contribution in [0, 0.1) is 5.82 Å². The Bertz CT molecular complexity index is 1890. The van der Waals surface area contributed by atoms with Gasteiger partial charge in [-0.25, -0.2) is 19.2 Å². The van der Waals surface area contributed by atoms with Gasteiger partial charge in [0.15, 0.2) is 5.82 Å². The number of rotatable bonds is 8. The van der Waals surface area contributed by atoms with Crippen LogP contribution in [0.4, 0.5) is 21.8 Å². The van der Waals surface area contributed by atoms with Gasteiger partial charge in [-0.05, 0) is 30.5 Å². The van der Waals surface area contributed by atoms with E-state index in [-0.39, 0.29) is 23.4 Å². The third-order valence-corrected chi connectivity index (χ3v) is 9.85. The molecule has 3 aliphatic rings. The number of aryl methyl sites for hydroxylation is 1. The van der Waals surface area contributed by atoms with Gasteiger partial charge >= 0.3 is 5.97 Å². The van der Waals surface area contributed by atoms with Crippen LogP contribution in [0.1, 0.15) is 47.4 Å². The van der Waals surface area contributed by atoms with E-state index in [1.807, 2.05) is 33.8 Å². The third kappa shape index (κ3) is 6.88. The number of fused-ring (bicyclic) bond motifs is 1. The predicted molar refractivity (Wildman–Crippen MR) is 181 cm³/mol. The molecule has 2 fully saturated rings. The van der Waals surface area contributed by atoms with E-state index < -0.39 is 11.8 Å². The lowest BCUT2D eigenvalue weighted by Gasteiger charge is -2.37. The van der Waals surface area contributed by atoms with E-state index in [1.54, 1.807) is 28.8 Å². The lowest BCUT2D eigenvalue weighted by atomic mass is 10.0. The Hall–Kier alpha value is -5.38. The van der Waals surface area contributed by atoms with Gasteiger partial charge in [0, 0.05) is 102 Å². The number of amides is 2. The lowest BCUT2D eigenvalue weighted by molar-refractivity contribution is -0.133. The molecule has 2 N–H and O–H groups in total. The number of nitrogens with one attached hydrogen (secondary N) is 1. The highest BCUT2D eigenvalue weighted by Gasteiger charge is 2.32. The molecule has 0 aliphatic carbocycles. The first-order chi connectivity index (χ1) is 24.1. The second kappa shape index (κ2) is 13.9. The van der Waals surface area contributed by atoms with Crippen molar-refractivity contribution >= 4 is 35.2 Å². The summed E-state index contributed by atoms with van der Waals surface area (Å²) in [5.74, 6) is -0.375. The number of likely N-dealkylation sites (tertiary alicyclic amines) is 1. The maximum atomic E-state index is 15.4. The molecule has 0 radical (unpaired) electrons. The summed E-state index contributed by atoms with van der Waals surface area (Å²) >= 11 is 0. The Morgan fingerprint density at radius 3 is 2.34 bits per heavy atom. The van der Waals surface area contributed by atoms with E-state index in [0.717, 1.165) is 35.2 Å². The standard InChI is InChI=1S/C34H40FN11O4/c1-22(47)45-10-7-30-27(20-45)32(39-29-4-3-23(15-28(29)35)25-18-38-41(2)19-25)40-46(30)26-5-8-43(9-6-26)31(48)21-42-11-13-44(14-12-42)34-36-16-24(17-37-34)33(49)50/h3-4,15-19,26H,5-14,20-21H2,1-2H3,(H,39,40)(H,49,50). The van der Waals surface area contributed by atoms with Gasteiger partial charge in [0.05, 0.1) is 36.6 Å². The summed E-state index contributed by atoms with van der Waals surface area (Å²) in [6.45, 7) is 6.71. The highest BCUT2D eigenvalue weighted by atomic mass is 19.1. The number of piperazine rings is 1. The number of carbonyl (C=O) groups excluding carboxylic acids is 2. The molecule has 0 bridgehead atoms. The van der Waals surface area contributed by atoms with E-state index in [4.69, 9.17) is 10.2 Å². The van der Waals surface area contributed by atoms with Crippen LogP contribution in [-0.2, 0) is 29.6 Å². The molecule has 6 heterocycles. The summed E-state index contributed by atoms with van der Waals surface area (Å²) in [4.78, 5) is 52.9. The van der Waals surface area contributed by atoms with Crippen LogP contribution in [0.5, 0.6) is 0 Å². The molecule has 1 aromatic carbocycles. The molecule has 7 rings (SSSR count). The number of benzene rings is 1. The Balaban J connectivity index is 0.983. The predicted octanol–water partition coefficient (Wildman–Crippen LogP) is 2.54. The molecule has 3 aliphatic heterocycles. The van der Waals surface area contributed by atoms with E-state index in [2.05, 4.69) is 25.3 Å². The van der Waals surface area contributed by atoms with Crippen LogP contribution in [0.2, 0.25) is 0 Å². The van der Waals surface area contributed by atoms with Gasteiger partial charge in [-0.1, -0.05) is 6.07 Å². The number of aromatic carboxylic acids is 1. The van der Waals surface area contributed by atoms with Gasteiger partial charge in [0.25, 0.3) is 0 Å². The molecule has 0 atom stereocenters. The Kier molecular flexibility index (Phi) is 9.18. The fourth-order valence-electron chi connectivity index (χ4n) is 6.96. The van der Waals surface area contributed by atoms with Crippen molar-refractivity contribution < 1.29 is 23.9 Å². The number of carbonyl (C=O) groups is 3. The third-order valence-electron chi connectivity index (χ3n) is 9.85. The van der Waals surface area contributed by atoms with Gasteiger partial charge in [-0.3, -0.25) is 23.9 Å². The SMILES string of the molecule is CC(=O)N1CCc2c(c(Nc3ccc(-c4cnn(C)c4)cc3F)nn2C2CCN(C(=O)CN3CCN(c4ncc(C(=O)O)cn4)CC3)CC2)C1. The number of aromatic nitrogens is 6. The van der Waals surface area contributed by atoms with E-state index >= 15 is 4.39 Å². The molecule has 0 spiro atoms. The highest BCUT2D eigenvalue weighted by molar-refractivity contribution is 5.86. The zero-order valence-electron chi connectivity index (χ0n) is 28.1. The van der Waals surface area contributed by atoms with Crippen molar-refractivity contribution in [2.24, 2.45) is 7.05 Å². The zero-order chi connectivity index (χ0) is 34.9. The molecule has 2 amide bonds.